The van der Waals surface area contributed by atoms with E-state index in [4.69, 9.17) is 11.5 Å². The molecule has 0 aromatic rings. The van der Waals surface area contributed by atoms with Gasteiger partial charge < -0.3 is 21.7 Å². The van der Waals surface area contributed by atoms with E-state index < -0.39 is 12.1 Å². The second kappa shape index (κ2) is 7.20. The number of hydrogen-bond acceptors (Lipinski definition) is 3. The molecular weight excluding hydrogens is 232 g/mol. The molecule has 1 rings (SSSR count). The Bertz CT molecular complexity index is 296. The first-order valence-corrected chi connectivity index (χ1v) is 6.65. The number of amides is 3. The standard InChI is InChI=1S/C12H24N4O2/c1-2-5-10(13)11(17)16-7-4-3-6-9(16)8-15-12(14)18/h9-10H,2-8,13H2,1H3,(H3,14,15,18). The van der Waals surface area contributed by atoms with Gasteiger partial charge in [0, 0.05) is 19.1 Å². The number of hydrogen-bond donors (Lipinski definition) is 3. The summed E-state index contributed by atoms with van der Waals surface area (Å²) in [7, 11) is 0. The van der Waals surface area contributed by atoms with Gasteiger partial charge in [-0.05, 0) is 25.7 Å². The first-order chi connectivity index (χ1) is 8.56. The summed E-state index contributed by atoms with van der Waals surface area (Å²) >= 11 is 0. The van der Waals surface area contributed by atoms with Crippen molar-refractivity contribution in [3.8, 4) is 0 Å². The number of rotatable bonds is 5. The quantitative estimate of drug-likeness (QED) is 0.653. The third kappa shape index (κ3) is 4.18. The van der Waals surface area contributed by atoms with E-state index in [0.717, 1.165) is 32.2 Å². The number of nitrogens with zero attached hydrogens (tertiary/aromatic N) is 1. The van der Waals surface area contributed by atoms with Gasteiger partial charge in [-0.15, -0.1) is 0 Å². The second-order valence-electron chi connectivity index (χ2n) is 4.82. The van der Waals surface area contributed by atoms with Gasteiger partial charge in [0.2, 0.25) is 5.91 Å². The number of nitrogens with two attached hydrogens (primary N) is 2. The zero-order valence-corrected chi connectivity index (χ0v) is 11.0. The fraction of sp³-hybridized carbons (Fsp3) is 0.833. The highest BCUT2D eigenvalue weighted by molar-refractivity contribution is 5.82. The Balaban J connectivity index is 2.57. The minimum Gasteiger partial charge on any atom is -0.352 e. The van der Waals surface area contributed by atoms with Crippen molar-refractivity contribution in [2.24, 2.45) is 11.5 Å². The molecule has 0 radical (unpaired) electrons. The van der Waals surface area contributed by atoms with Gasteiger partial charge in [-0.2, -0.15) is 0 Å². The molecule has 0 bridgehead atoms. The Morgan fingerprint density at radius 3 is 2.78 bits per heavy atom. The van der Waals surface area contributed by atoms with E-state index in [9.17, 15) is 9.59 Å². The first kappa shape index (κ1) is 14.8. The van der Waals surface area contributed by atoms with Crippen molar-refractivity contribution in [1.29, 1.82) is 0 Å². The topological polar surface area (TPSA) is 101 Å². The largest absolute Gasteiger partial charge is 0.352 e. The highest BCUT2D eigenvalue weighted by Gasteiger charge is 2.29. The van der Waals surface area contributed by atoms with E-state index in [1.165, 1.54) is 0 Å². The van der Waals surface area contributed by atoms with E-state index in [1.54, 1.807) is 4.90 Å². The first-order valence-electron chi connectivity index (χ1n) is 6.65. The minimum atomic E-state index is -0.550. The number of nitrogens with one attached hydrogen (secondary N) is 1. The van der Waals surface area contributed by atoms with Crippen LogP contribution >= 0.6 is 0 Å². The summed E-state index contributed by atoms with van der Waals surface area (Å²) in [6.45, 7) is 3.15. The Kier molecular flexibility index (Phi) is 5.91. The third-order valence-electron chi connectivity index (χ3n) is 3.34. The number of primary amides is 1. The molecule has 1 fully saturated rings. The van der Waals surface area contributed by atoms with Gasteiger partial charge in [-0.3, -0.25) is 4.79 Å². The summed E-state index contributed by atoms with van der Waals surface area (Å²) in [5.74, 6) is -0.00665. The Morgan fingerprint density at radius 1 is 1.44 bits per heavy atom. The summed E-state index contributed by atoms with van der Waals surface area (Å²) in [6, 6.07) is -0.948. The van der Waals surface area contributed by atoms with Gasteiger partial charge in [-0.25, -0.2) is 4.79 Å². The summed E-state index contributed by atoms with van der Waals surface area (Å²) in [4.78, 5) is 24.7. The van der Waals surface area contributed by atoms with E-state index in [2.05, 4.69) is 5.32 Å². The molecule has 2 unspecified atom stereocenters. The minimum absolute atomic E-state index is 0.00665. The molecule has 0 saturated carbocycles. The molecule has 1 saturated heterocycles. The van der Waals surface area contributed by atoms with Crippen molar-refractivity contribution in [3.63, 3.8) is 0 Å². The molecule has 1 aliphatic rings. The van der Waals surface area contributed by atoms with Gasteiger partial charge >= 0.3 is 6.03 Å². The SMILES string of the molecule is CCCC(N)C(=O)N1CCCCC1CNC(N)=O. The molecule has 6 nitrogen and oxygen atoms in total. The van der Waals surface area contributed by atoms with Gasteiger partial charge in [0.05, 0.1) is 6.04 Å². The zero-order chi connectivity index (χ0) is 13.5. The molecule has 0 spiro atoms. The number of carbonyl (C=O) groups excluding carboxylic acids is 2. The third-order valence-corrected chi connectivity index (χ3v) is 3.34. The molecule has 1 aliphatic heterocycles. The van der Waals surface area contributed by atoms with Crippen molar-refractivity contribution in [3.05, 3.63) is 0 Å². The molecule has 5 N–H and O–H groups in total. The monoisotopic (exact) mass is 256 g/mol. The fourth-order valence-electron chi connectivity index (χ4n) is 2.37. The number of carbonyl (C=O) groups is 2. The van der Waals surface area contributed by atoms with Crippen molar-refractivity contribution < 1.29 is 9.59 Å². The van der Waals surface area contributed by atoms with Crippen LogP contribution in [0.2, 0.25) is 0 Å². The highest BCUT2D eigenvalue weighted by atomic mass is 16.2. The van der Waals surface area contributed by atoms with Crippen LogP contribution in [-0.2, 0) is 4.79 Å². The van der Waals surface area contributed by atoms with E-state index in [0.29, 0.717) is 13.0 Å². The molecular formula is C12H24N4O2. The van der Waals surface area contributed by atoms with Crippen LogP contribution in [0.25, 0.3) is 0 Å². The molecule has 6 heteroatoms. The summed E-state index contributed by atoms with van der Waals surface area (Å²) in [6.07, 6.45) is 4.55. The van der Waals surface area contributed by atoms with Crippen LogP contribution in [0, 0.1) is 0 Å². The second-order valence-corrected chi connectivity index (χ2v) is 4.82. The fourth-order valence-corrected chi connectivity index (χ4v) is 2.37. The maximum atomic E-state index is 12.2. The molecule has 0 aromatic heterocycles. The lowest BCUT2D eigenvalue weighted by Gasteiger charge is -2.37. The molecule has 0 aromatic carbocycles. The van der Waals surface area contributed by atoms with Crippen molar-refractivity contribution in [1.82, 2.24) is 10.2 Å². The molecule has 18 heavy (non-hydrogen) atoms. The van der Waals surface area contributed by atoms with Crippen LogP contribution < -0.4 is 16.8 Å². The summed E-state index contributed by atoms with van der Waals surface area (Å²) < 4.78 is 0. The van der Waals surface area contributed by atoms with Gasteiger partial charge in [-0.1, -0.05) is 13.3 Å². The number of piperidine rings is 1. The smallest absolute Gasteiger partial charge is 0.312 e. The molecule has 104 valence electrons. The Morgan fingerprint density at radius 2 is 2.17 bits per heavy atom. The van der Waals surface area contributed by atoms with Gasteiger partial charge in [0.25, 0.3) is 0 Å². The van der Waals surface area contributed by atoms with Crippen LogP contribution in [0.4, 0.5) is 4.79 Å². The van der Waals surface area contributed by atoms with E-state index >= 15 is 0 Å². The lowest BCUT2D eigenvalue weighted by molar-refractivity contribution is -0.136. The van der Waals surface area contributed by atoms with Crippen molar-refractivity contribution >= 4 is 11.9 Å². The van der Waals surface area contributed by atoms with Crippen LogP contribution in [0.1, 0.15) is 39.0 Å². The van der Waals surface area contributed by atoms with Gasteiger partial charge in [0.15, 0.2) is 0 Å². The Hall–Kier alpha value is -1.30. The normalized spacial score (nSPS) is 21.4. The van der Waals surface area contributed by atoms with E-state index in [1.807, 2.05) is 6.92 Å². The predicted molar refractivity (Wildman–Crippen MR) is 69.8 cm³/mol. The molecule has 3 amide bonds. The maximum absolute atomic E-state index is 12.2. The van der Waals surface area contributed by atoms with Crippen LogP contribution in [0.3, 0.4) is 0 Å². The van der Waals surface area contributed by atoms with Crippen molar-refractivity contribution in [2.75, 3.05) is 13.1 Å². The average molecular weight is 256 g/mol. The molecule has 2 atom stereocenters. The summed E-state index contributed by atoms with van der Waals surface area (Å²) in [5, 5.41) is 2.58. The molecule has 1 heterocycles. The Labute approximate surface area is 108 Å². The summed E-state index contributed by atoms with van der Waals surface area (Å²) in [5.41, 5.74) is 10.9. The number of urea groups is 1. The van der Waals surface area contributed by atoms with Gasteiger partial charge in [0.1, 0.15) is 0 Å². The van der Waals surface area contributed by atoms with Crippen LogP contribution in [0.5, 0.6) is 0 Å². The van der Waals surface area contributed by atoms with Crippen LogP contribution in [-0.4, -0.2) is 42.0 Å². The number of likely N-dealkylation sites (tertiary alicyclic amines) is 1. The lowest BCUT2D eigenvalue weighted by Crippen LogP contribution is -2.54. The molecule has 0 aliphatic carbocycles. The maximum Gasteiger partial charge on any atom is 0.312 e. The van der Waals surface area contributed by atoms with E-state index in [-0.39, 0.29) is 11.9 Å². The highest BCUT2D eigenvalue weighted by Crippen LogP contribution is 2.18. The van der Waals surface area contributed by atoms with Crippen molar-refractivity contribution in [2.45, 2.75) is 51.1 Å². The predicted octanol–water partition coefficient (Wildman–Crippen LogP) is 0.163. The van der Waals surface area contributed by atoms with Crippen LogP contribution in [0.15, 0.2) is 0 Å². The zero-order valence-electron chi connectivity index (χ0n) is 11.0. The average Bonchev–Trinajstić information content (AvgIpc) is 2.36. The lowest BCUT2D eigenvalue weighted by atomic mass is 10.00.